The Hall–Kier alpha value is -1.97. The van der Waals surface area contributed by atoms with Crippen molar-refractivity contribution in [1.29, 1.82) is 0 Å². The van der Waals surface area contributed by atoms with Crippen molar-refractivity contribution in [2.75, 3.05) is 20.6 Å². The first-order valence-corrected chi connectivity index (χ1v) is 11.8. The van der Waals surface area contributed by atoms with Crippen LogP contribution in [0.5, 0.6) is 0 Å². The molecule has 34 heavy (non-hydrogen) atoms. The van der Waals surface area contributed by atoms with Crippen molar-refractivity contribution < 1.29 is 38.8 Å². The Morgan fingerprint density at radius 1 is 1.21 bits per heavy atom. The lowest BCUT2D eigenvalue weighted by molar-refractivity contribution is -0.321. The van der Waals surface area contributed by atoms with Gasteiger partial charge in [0.1, 0.15) is 17.5 Å². The quantitative estimate of drug-likeness (QED) is 0.451. The Labute approximate surface area is 201 Å². The van der Waals surface area contributed by atoms with E-state index >= 15 is 0 Å². The van der Waals surface area contributed by atoms with Gasteiger partial charge in [0, 0.05) is 17.8 Å². The topological polar surface area (TPSA) is 123 Å². The molecule has 2 N–H and O–H groups in total. The van der Waals surface area contributed by atoms with Crippen LogP contribution in [-0.4, -0.2) is 83.2 Å². The number of fused-ring (bicyclic) bond motifs is 3. The molecule has 0 spiro atoms. The zero-order valence-electron chi connectivity index (χ0n) is 21.3. The average molecular weight is 482 g/mol. The second-order valence-corrected chi connectivity index (χ2v) is 11.8. The molecular formula is C25H39NO8. The molecular weight excluding hydrogens is 442 g/mol. The summed E-state index contributed by atoms with van der Waals surface area (Å²) in [5, 5.41) is 21.3. The van der Waals surface area contributed by atoms with Crippen LogP contribution in [0.1, 0.15) is 53.9 Å². The van der Waals surface area contributed by atoms with Crippen LogP contribution < -0.4 is 0 Å². The number of carboxylic acid groups (broad SMARTS) is 1. The van der Waals surface area contributed by atoms with Gasteiger partial charge in [0.15, 0.2) is 6.10 Å². The van der Waals surface area contributed by atoms with Gasteiger partial charge in [0.25, 0.3) is 0 Å². The molecule has 192 valence electrons. The molecule has 1 aliphatic heterocycles. The summed E-state index contributed by atoms with van der Waals surface area (Å²) >= 11 is 0. The molecule has 3 rings (SSSR count). The number of likely N-dealkylation sites (N-methyl/N-ethyl adjacent to an activating group) is 1. The van der Waals surface area contributed by atoms with Gasteiger partial charge in [-0.05, 0) is 46.2 Å². The van der Waals surface area contributed by atoms with E-state index in [1.54, 1.807) is 38.9 Å². The fraction of sp³-hybridized carbons (Fsp3) is 0.800. The van der Waals surface area contributed by atoms with Crippen molar-refractivity contribution >= 4 is 17.9 Å². The Balaban J connectivity index is 2.22. The van der Waals surface area contributed by atoms with Gasteiger partial charge in [-0.1, -0.05) is 26.8 Å². The molecule has 2 saturated carbocycles. The van der Waals surface area contributed by atoms with Gasteiger partial charge in [-0.2, -0.15) is 0 Å². The summed E-state index contributed by atoms with van der Waals surface area (Å²) in [4.78, 5) is 39.9. The maximum atomic E-state index is 13.9. The molecule has 9 heteroatoms. The number of hydrogen-bond acceptors (Lipinski definition) is 8. The van der Waals surface area contributed by atoms with E-state index in [1.165, 1.54) is 0 Å². The first kappa shape index (κ1) is 26.6. The highest BCUT2D eigenvalue weighted by Crippen LogP contribution is 2.65. The molecule has 0 radical (unpaired) electrons. The highest BCUT2D eigenvalue weighted by Gasteiger charge is 2.74. The van der Waals surface area contributed by atoms with Crippen LogP contribution in [0.25, 0.3) is 0 Å². The van der Waals surface area contributed by atoms with Crippen LogP contribution in [-0.2, 0) is 23.8 Å². The fourth-order valence-corrected chi connectivity index (χ4v) is 7.32. The number of aliphatic hydroxyl groups is 1. The molecule has 0 aromatic rings. The van der Waals surface area contributed by atoms with Gasteiger partial charge >= 0.3 is 12.1 Å². The summed E-state index contributed by atoms with van der Waals surface area (Å²) in [5.41, 5.74) is -4.04. The number of hydrogen-bond donors (Lipinski definition) is 2. The molecule has 3 aliphatic rings. The summed E-state index contributed by atoms with van der Waals surface area (Å²) in [6.07, 6.45) is -2.06. The van der Waals surface area contributed by atoms with Crippen LogP contribution in [0.2, 0.25) is 0 Å². The predicted octanol–water partition coefficient (Wildman–Crippen LogP) is 2.65. The van der Waals surface area contributed by atoms with E-state index < -0.39 is 64.3 Å². The third-order valence-corrected chi connectivity index (χ3v) is 8.35. The number of carbonyl (C=O) groups excluding carboxylic acids is 2. The minimum atomic E-state index is -1.43. The first-order chi connectivity index (χ1) is 15.5. The molecule has 0 amide bonds. The van der Waals surface area contributed by atoms with Crippen LogP contribution in [0.4, 0.5) is 4.79 Å². The summed E-state index contributed by atoms with van der Waals surface area (Å²) < 4.78 is 17.8. The van der Waals surface area contributed by atoms with Gasteiger partial charge in [0.05, 0.1) is 24.2 Å². The zero-order chi connectivity index (χ0) is 25.9. The van der Waals surface area contributed by atoms with Crippen molar-refractivity contribution in [3.63, 3.8) is 0 Å². The molecule has 0 bridgehead atoms. The van der Waals surface area contributed by atoms with Crippen molar-refractivity contribution in [3.05, 3.63) is 12.7 Å². The highest BCUT2D eigenvalue weighted by atomic mass is 16.7. The predicted molar refractivity (Wildman–Crippen MR) is 123 cm³/mol. The highest BCUT2D eigenvalue weighted by molar-refractivity contribution is 5.86. The lowest BCUT2D eigenvalue weighted by Gasteiger charge is -2.68. The number of nitrogens with zero attached hydrogens (tertiary/aromatic N) is 1. The second kappa shape index (κ2) is 8.60. The molecule has 1 saturated heterocycles. The number of ketones is 1. The van der Waals surface area contributed by atoms with Gasteiger partial charge in [0.2, 0.25) is 0 Å². The molecule has 0 unspecified atom stereocenters. The number of rotatable bonds is 5. The van der Waals surface area contributed by atoms with E-state index in [1.807, 2.05) is 20.8 Å². The fourth-order valence-electron chi connectivity index (χ4n) is 7.32. The minimum absolute atomic E-state index is 0.00723. The normalized spacial score (nSPS) is 43.4. The van der Waals surface area contributed by atoms with Crippen molar-refractivity contribution in [3.8, 4) is 0 Å². The van der Waals surface area contributed by atoms with Gasteiger partial charge in [-0.25, -0.2) is 4.79 Å². The summed E-state index contributed by atoms with van der Waals surface area (Å²) in [7, 11) is 3.46. The van der Waals surface area contributed by atoms with E-state index in [4.69, 9.17) is 14.2 Å². The van der Waals surface area contributed by atoms with E-state index in [0.29, 0.717) is 12.8 Å². The standard InChI is InChI=1S/C25H39NO8/c1-9-23(4)12-14(27)18-24(5)15(32-21(30)31)10-11-22(2,3)19(24)17(29)20(25(18,6)34-23)33-16(28)13-26(7)8/h9,15,17-20,29H,1,10-13H2,2-8H3,(H,30,31)/t15-,17-,18+,19-,20-,23-,24+,25-/m0/s1. The molecule has 2 aliphatic carbocycles. The molecule has 0 aromatic carbocycles. The van der Waals surface area contributed by atoms with E-state index in [9.17, 15) is 24.6 Å². The number of carbonyl (C=O) groups is 3. The number of ether oxygens (including phenoxy) is 3. The van der Waals surface area contributed by atoms with Crippen molar-refractivity contribution in [2.24, 2.45) is 22.7 Å². The number of esters is 1. The maximum absolute atomic E-state index is 13.9. The Bertz CT molecular complexity index is 871. The zero-order valence-corrected chi connectivity index (χ0v) is 21.3. The molecule has 8 atom stereocenters. The molecule has 9 nitrogen and oxygen atoms in total. The van der Waals surface area contributed by atoms with E-state index in [-0.39, 0.29) is 18.7 Å². The van der Waals surface area contributed by atoms with E-state index in [2.05, 4.69) is 6.58 Å². The third-order valence-electron chi connectivity index (χ3n) is 8.35. The van der Waals surface area contributed by atoms with Crippen LogP contribution >= 0.6 is 0 Å². The van der Waals surface area contributed by atoms with E-state index in [0.717, 1.165) is 0 Å². The largest absolute Gasteiger partial charge is 0.506 e. The van der Waals surface area contributed by atoms with Crippen LogP contribution in [0, 0.1) is 22.7 Å². The Kier molecular flexibility index (Phi) is 6.74. The monoisotopic (exact) mass is 481 g/mol. The number of Topliss-reactive ketones (excluding diaryl/α,β-unsaturated/α-hetero) is 1. The SMILES string of the molecule is C=C[C@@]1(C)CC(=O)[C@H]2[C@](C)(O1)[C@@H](OC(=O)CN(C)C)[C@@H](O)[C@H]1C(C)(C)CC[C@H](OC(=O)O)[C@@]12C. The molecule has 1 heterocycles. The molecule has 0 aromatic heterocycles. The van der Waals surface area contributed by atoms with Gasteiger partial charge in [-0.15, -0.1) is 6.58 Å². The minimum Gasteiger partial charge on any atom is -0.456 e. The smallest absolute Gasteiger partial charge is 0.456 e. The lowest BCUT2D eigenvalue weighted by atomic mass is 9.41. The van der Waals surface area contributed by atoms with Gasteiger partial charge < -0.3 is 24.4 Å². The molecule has 3 fully saturated rings. The van der Waals surface area contributed by atoms with Crippen molar-refractivity contribution in [1.82, 2.24) is 4.90 Å². The lowest BCUT2D eigenvalue weighted by Crippen LogP contribution is -2.78. The van der Waals surface area contributed by atoms with Gasteiger partial charge in [-0.3, -0.25) is 14.5 Å². The maximum Gasteiger partial charge on any atom is 0.506 e. The first-order valence-electron chi connectivity index (χ1n) is 11.8. The summed E-state index contributed by atoms with van der Waals surface area (Å²) in [6.45, 7) is 13.0. The summed E-state index contributed by atoms with van der Waals surface area (Å²) in [6, 6.07) is 0. The Morgan fingerprint density at radius 2 is 1.82 bits per heavy atom. The van der Waals surface area contributed by atoms with Crippen LogP contribution in [0.15, 0.2) is 12.7 Å². The van der Waals surface area contributed by atoms with Crippen LogP contribution in [0.3, 0.4) is 0 Å². The van der Waals surface area contributed by atoms with Crippen molar-refractivity contribution in [2.45, 2.75) is 83.4 Å². The average Bonchev–Trinajstić information content (AvgIpc) is 2.65. The third kappa shape index (κ3) is 4.16. The summed E-state index contributed by atoms with van der Waals surface area (Å²) in [5.74, 6) is -2.16. The Morgan fingerprint density at radius 3 is 2.35 bits per heavy atom. The second-order valence-electron chi connectivity index (χ2n) is 11.8. The number of aliphatic hydroxyl groups excluding tert-OH is 1.